The zero-order valence-corrected chi connectivity index (χ0v) is 24.9. The molecule has 1 aromatic carbocycles. The molecule has 0 amide bonds. The third kappa shape index (κ3) is 7.35. The smallest absolute Gasteiger partial charge is 0.339 e. The number of ether oxygens (including phenoxy) is 2. The Labute approximate surface area is 209 Å². The molecule has 0 heterocycles. The maximum absolute atomic E-state index is 12.9. The molecule has 0 N–H and O–H groups in total. The molecule has 0 saturated carbocycles. The predicted octanol–water partition coefficient (Wildman–Crippen LogP) is 6.84. The van der Waals surface area contributed by atoms with E-state index < -0.39 is 28.1 Å². The number of rotatable bonds is 7. The second-order valence-corrected chi connectivity index (χ2v) is 20.9. The Morgan fingerprint density at radius 2 is 1.09 bits per heavy atom. The quantitative estimate of drug-likeness (QED) is 0.235. The Hall–Kier alpha value is -2.29. The van der Waals surface area contributed by atoms with Gasteiger partial charge in [-0.1, -0.05) is 73.0 Å². The summed E-state index contributed by atoms with van der Waals surface area (Å²) in [5.41, 5.74) is 9.95. The fraction of sp³-hybridized carbons (Fsp3) is 0.571. The molecule has 0 saturated heterocycles. The van der Waals surface area contributed by atoms with E-state index in [-0.39, 0.29) is 13.2 Å². The average Bonchev–Trinajstić information content (AvgIpc) is 2.71. The van der Waals surface area contributed by atoms with Crippen LogP contribution in [0.2, 0.25) is 36.3 Å². The van der Waals surface area contributed by atoms with Gasteiger partial charge >= 0.3 is 11.9 Å². The summed E-state index contributed by atoms with van der Waals surface area (Å²) >= 11 is 0. The van der Waals surface area contributed by atoms with Crippen LogP contribution in [0.1, 0.15) is 87.2 Å². The van der Waals surface area contributed by atoms with Crippen molar-refractivity contribution >= 4 is 28.1 Å². The summed E-state index contributed by atoms with van der Waals surface area (Å²) in [6.45, 7) is 23.9. The first-order valence-corrected chi connectivity index (χ1v) is 18.0. The molecule has 0 aliphatic carbocycles. The molecule has 186 valence electrons. The molecule has 0 aromatic heterocycles. The van der Waals surface area contributed by atoms with Gasteiger partial charge < -0.3 is 9.47 Å². The van der Waals surface area contributed by atoms with E-state index in [1.807, 2.05) is 0 Å². The number of benzene rings is 1. The lowest BCUT2D eigenvalue weighted by Gasteiger charge is -2.38. The van der Waals surface area contributed by atoms with E-state index in [0.717, 1.165) is 0 Å². The van der Waals surface area contributed by atoms with Gasteiger partial charge in [-0.2, -0.15) is 0 Å². The van der Waals surface area contributed by atoms with Crippen molar-refractivity contribution in [3.8, 4) is 22.9 Å². The lowest BCUT2D eigenvalue weighted by molar-refractivity contribution is 0.0511. The molecule has 1 rings (SSSR count). The first-order valence-electron chi connectivity index (χ1n) is 12.3. The summed E-state index contributed by atoms with van der Waals surface area (Å²) in [6.07, 6.45) is 0. The highest BCUT2D eigenvalue weighted by molar-refractivity contribution is 6.90. The summed E-state index contributed by atoms with van der Waals surface area (Å²) in [4.78, 5) is 25.8. The van der Waals surface area contributed by atoms with Crippen LogP contribution >= 0.6 is 0 Å². The minimum Gasteiger partial charge on any atom is -0.462 e. The predicted molar refractivity (Wildman–Crippen MR) is 147 cm³/mol. The van der Waals surface area contributed by atoms with E-state index in [1.165, 1.54) is 0 Å². The fourth-order valence-electron chi connectivity index (χ4n) is 4.43. The molecule has 4 nitrogen and oxygen atoms in total. The first kappa shape index (κ1) is 29.7. The number of esters is 2. The molecule has 0 fully saturated rings. The van der Waals surface area contributed by atoms with Crippen molar-refractivity contribution in [2.45, 2.75) is 91.7 Å². The molecule has 1 aromatic rings. The number of carbonyl (C=O) groups excluding carboxylic acids is 2. The second kappa shape index (κ2) is 12.4. The molecule has 0 unspecified atom stereocenters. The van der Waals surface area contributed by atoms with Crippen LogP contribution in [0.5, 0.6) is 0 Å². The minimum atomic E-state index is -2.05. The van der Waals surface area contributed by atoms with Crippen LogP contribution in [0.25, 0.3) is 0 Å². The van der Waals surface area contributed by atoms with Crippen LogP contribution in [0.4, 0.5) is 0 Å². The molecule has 0 spiro atoms. The zero-order valence-electron chi connectivity index (χ0n) is 22.9. The third-order valence-corrected chi connectivity index (χ3v) is 13.2. The lowest BCUT2D eigenvalue weighted by atomic mass is 9.98. The maximum atomic E-state index is 12.9. The van der Waals surface area contributed by atoms with Crippen molar-refractivity contribution in [1.82, 2.24) is 0 Å². The molecule has 0 aliphatic heterocycles. The largest absolute Gasteiger partial charge is 0.462 e. The Morgan fingerprint density at radius 1 is 0.735 bits per heavy atom. The van der Waals surface area contributed by atoms with Crippen LogP contribution in [-0.4, -0.2) is 41.3 Å². The van der Waals surface area contributed by atoms with Crippen molar-refractivity contribution in [2.75, 3.05) is 13.2 Å². The highest BCUT2D eigenvalue weighted by Crippen LogP contribution is 2.40. The summed E-state index contributed by atoms with van der Waals surface area (Å²) in [5, 5.41) is 0. The van der Waals surface area contributed by atoms with E-state index in [0.29, 0.717) is 38.9 Å². The highest BCUT2D eigenvalue weighted by Gasteiger charge is 2.41. The van der Waals surface area contributed by atoms with Crippen molar-refractivity contribution in [1.29, 1.82) is 0 Å². The SMILES string of the molecule is CCOC(=O)c1cc(C#C[Si](C(C)C)(C(C)C)C(C)C)c(C(=O)OCC)cc1C#C[Si](C)(C)C. The molecular weight excluding hydrogens is 456 g/mol. The minimum absolute atomic E-state index is 0.254. The molecule has 0 aliphatic rings. The van der Waals surface area contributed by atoms with Crippen molar-refractivity contribution in [2.24, 2.45) is 0 Å². The Balaban J connectivity index is 3.97. The Morgan fingerprint density at radius 3 is 1.38 bits per heavy atom. The Bertz CT molecular complexity index is 987. The van der Waals surface area contributed by atoms with Crippen molar-refractivity contribution < 1.29 is 19.1 Å². The molecule has 0 radical (unpaired) electrons. The van der Waals surface area contributed by atoms with E-state index >= 15 is 0 Å². The van der Waals surface area contributed by atoms with Gasteiger partial charge in [-0.15, -0.1) is 11.1 Å². The molecule has 6 heteroatoms. The topological polar surface area (TPSA) is 52.6 Å². The van der Waals surface area contributed by atoms with Gasteiger partial charge in [-0.25, -0.2) is 9.59 Å². The normalized spacial score (nSPS) is 11.6. The van der Waals surface area contributed by atoms with Gasteiger partial charge in [0.25, 0.3) is 0 Å². The highest BCUT2D eigenvalue weighted by atomic mass is 28.3. The van der Waals surface area contributed by atoms with Gasteiger partial charge in [-0.05, 0) is 42.6 Å². The number of hydrogen-bond acceptors (Lipinski definition) is 4. The van der Waals surface area contributed by atoms with E-state index in [4.69, 9.17) is 9.47 Å². The lowest BCUT2D eigenvalue weighted by Crippen LogP contribution is -2.43. The van der Waals surface area contributed by atoms with Gasteiger partial charge in [0.2, 0.25) is 0 Å². The molecular formula is C28H42O4Si2. The zero-order chi connectivity index (χ0) is 26.3. The van der Waals surface area contributed by atoms with Crippen LogP contribution in [-0.2, 0) is 9.47 Å². The molecule has 0 bridgehead atoms. The molecule has 0 atom stereocenters. The Kier molecular flexibility index (Phi) is 10.9. The summed E-state index contributed by atoms with van der Waals surface area (Å²) in [6, 6.07) is 3.33. The van der Waals surface area contributed by atoms with Crippen LogP contribution in [0.15, 0.2) is 12.1 Å². The first-order chi connectivity index (χ1) is 15.7. The monoisotopic (exact) mass is 498 g/mol. The number of carbonyl (C=O) groups is 2. The van der Waals surface area contributed by atoms with E-state index in [9.17, 15) is 9.59 Å². The number of hydrogen-bond donors (Lipinski definition) is 0. The van der Waals surface area contributed by atoms with Crippen LogP contribution in [0.3, 0.4) is 0 Å². The van der Waals surface area contributed by atoms with Gasteiger partial charge in [0.15, 0.2) is 0 Å². The van der Waals surface area contributed by atoms with Crippen molar-refractivity contribution in [3.63, 3.8) is 0 Å². The van der Waals surface area contributed by atoms with Gasteiger partial charge in [0, 0.05) is 11.1 Å². The van der Waals surface area contributed by atoms with Crippen LogP contribution in [0, 0.1) is 22.9 Å². The maximum Gasteiger partial charge on any atom is 0.339 e. The summed E-state index contributed by atoms with van der Waals surface area (Å²) in [7, 11) is -3.77. The summed E-state index contributed by atoms with van der Waals surface area (Å²) in [5.74, 6) is 5.57. The van der Waals surface area contributed by atoms with Gasteiger partial charge in [0.1, 0.15) is 16.1 Å². The van der Waals surface area contributed by atoms with Gasteiger partial charge in [0.05, 0.1) is 24.3 Å². The third-order valence-electron chi connectivity index (χ3n) is 6.00. The standard InChI is InChI=1S/C28H42O4Si2/c1-12-31-27(29)25-19-24(15-17-34(20(3)4,21(5)6)22(7)8)26(28(30)32-13-2)18-23(25)14-16-33(9,10)11/h18-22H,12-13H2,1-11H3. The molecule has 34 heavy (non-hydrogen) atoms. The fourth-order valence-corrected chi connectivity index (χ4v) is 10.2. The average molecular weight is 499 g/mol. The van der Waals surface area contributed by atoms with Crippen LogP contribution < -0.4 is 0 Å². The second-order valence-electron chi connectivity index (χ2n) is 10.5. The van der Waals surface area contributed by atoms with E-state index in [1.54, 1.807) is 26.0 Å². The van der Waals surface area contributed by atoms with Gasteiger partial charge in [-0.3, -0.25) is 0 Å². The summed E-state index contributed by atoms with van der Waals surface area (Å²) < 4.78 is 10.7. The van der Waals surface area contributed by atoms with Crippen molar-refractivity contribution in [3.05, 3.63) is 34.4 Å². The van der Waals surface area contributed by atoms with E-state index in [2.05, 4.69) is 84.1 Å².